The highest BCUT2D eigenvalue weighted by Crippen LogP contribution is 2.33. The lowest BCUT2D eigenvalue weighted by Crippen LogP contribution is -1.96. The van der Waals surface area contributed by atoms with E-state index in [0.717, 1.165) is 0 Å². The molecule has 0 amide bonds. The van der Waals surface area contributed by atoms with Crippen LogP contribution in [0.1, 0.15) is 5.56 Å². The molecule has 0 saturated carbocycles. The molecule has 0 atom stereocenters. The van der Waals surface area contributed by atoms with Crippen LogP contribution in [0.3, 0.4) is 0 Å². The molecule has 0 aliphatic rings. The number of halogens is 2. The standard InChI is InChI=1S/C13H9BrClNO4/c14-11-6-9(15)1-4-13(11)20-10-2-3-12(16(18)19)8(5-10)7-17/h1-6,17H,7H2. The Morgan fingerprint density at radius 1 is 1.30 bits per heavy atom. The van der Waals surface area contributed by atoms with Gasteiger partial charge < -0.3 is 9.84 Å². The van der Waals surface area contributed by atoms with Gasteiger partial charge >= 0.3 is 0 Å². The van der Waals surface area contributed by atoms with Crippen molar-refractivity contribution in [2.75, 3.05) is 0 Å². The van der Waals surface area contributed by atoms with Gasteiger partial charge in [-0.05, 0) is 46.3 Å². The fraction of sp³-hybridized carbons (Fsp3) is 0.0769. The van der Waals surface area contributed by atoms with Crippen molar-refractivity contribution in [3.05, 3.63) is 61.6 Å². The minimum atomic E-state index is -0.548. The zero-order chi connectivity index (χ0) is 14.7. The molecule has 0 aromatic heterocycles. The number of nitro groups is 1. The van der Waals surface area contributed by atoms with Crippen molar-refractivity contribution in [1.82, 2.24) is 0 Å². The van der Waals surface area contributed by atoms with Gasteiger partial charge in [-0.1, -0.05) is 11.6 Å². The summed E-state index contributed by atoms with van der Waals surface area (Å²) in [4.78, 5) is 10.2. The largest absolute Gasteiger partial charge is 0.456 e. The van der Waals surface area contributed by atoms with Gasteiger partial charge in [-0.3, -0.25) is 10.1 Å². The Hall–Kier alpha value is -1.63. The quantitative estimate of drug-likeness (QED) is 0.653. The summed E-state index contributed by atoms with van der Waals surface area (Å²) in [7, 11) is 0. The number of aliphatic hydroxyl groups excluding tert-OH is 1. The van der Waals surface area contributed by atoms with E-state index in [1.165, 1.54) is 18.2 Å². The van der Waals surface area contributed by atoms with Gasteiger partial charge in [0, 0.05) is 11.1 Å². The topological polar surface area (TPSA) is 72.6 Å². The maximum absolute atomic E-state index is 10.8. The van der Waals surface area contributed by atoms with Crippen molar-refractivity contribution in [3.63, 3.8) is 0 Å². The molecule has 20 heavy (non-hydrogen) atoms. The van der Waals surface area contributed by atoms with E-state index in [0.29, 0.717) is 21.0 Å². The van der Waals surface area contributed by atoms with Crippen LogP contribution in [0.15, 0.2) is 40.9 Å². The van der Waals surface area contributed by atoms with E-state index in [4.69, 9.17) is 21.4 Å². The minimum Gasteiger partial charge on any atom is -0.456 e. The highest BCUT2D eigenvalue weighted by molar-refractivity contribution is 9.10. The first-order valence-electron chi connectivity index (χ1n) is 5.52. The third kappa shape index (κ3) is 3.27. The number of ether oxygens (including phenoxy) is 1. The molecule has 0 unspecified atom stereocenters. The summed E-state index contributed by atoms with van der Waals surface area (Å²) in [5.74, 6) is 0.912. The lowest BCUT2D eigenvalue weighted by Gasteiger charge is -2.09. The second kappa shape index (κ2) is 6.21. The highest BCUT2D eigenvalue weighted by atomic mass is 79.9. The van der Waals surface area contributed by atoms with Crippen molar-refractivity contribution in [2.24, 2.45) is 0 Å². The van der Waals surface area contributed by atoms with E-state index in [9.17, 15) is 10.1 Å². The summed E-state index contributed by atoms with van der Waals surface area (Å²) in [6.07, 6.45) is 0. The monoisotopic (exact) mass is 357 g/mol. The van der Waals surface area contributed by atoms with Crippen LogP contribution in [0.2, 0.25) is 5.02 Å². The molecule has 0 spiro atoms. The Morgan fingerprint density at radius 3 is 2.65 bits per heavy atom. The van der Waals surface area contributed by atoms with Crippen molar-refractivity contribution in [1.29, 1.82) is 0 Å². The van der Waals surface area contributed by atoms with Crippen molar-refractivity contribution >= 4 is 33.2 Å². The fourth-order valence-electron chi connectivity index (χ4n) is 1.62. The molecule has 0 bridgehead atoms. The van der Waals surface area contributed by atoms with E-state index in [1.54, 1.807) is 18.2 Å². The molecule has 104 valence electrons. The molecule has 5 nitrogen and oxygen atoms in total. The van der Waals surface area contributed by atoms with Crippen LogP contribution in [0, 0.1) is 10.1 Å². The van der Waals surface area contributed by atoms with Crippen LogP contribution in [0.5, 0.6) is 11.5 Å². The van der Waals surface area contributed by atoms with Crippen LogP contribution in [0.25, 0.3) is 0 Å². The average molecular weight is 359 g/mol. The highest BCUT2D eigenvalue weighted by Gasteiger charge is 2.14. The summed E-state index contributed by atoms with van der Waals surface area (Å²) in [6, 6.07) is 9.21. The molecule has 2 rings (SSSR count). The number of aliphatic hydroxyl groups is 1. The number of benzene rings is 2. The molecule has 7 heteroatoms. The number of hydrogen-bond donors (Lipinski definition) is 1. The van der Waals surface area contributed by atoms with E-state index in [1.807, 2.05) is 0 Å². The Balaban J connectivity index is 2.32. The Morgan fingerprint density at radius 2 is 2.05 bits per heavy atom. The molecule has 0 aliphatic heterocycles. The summed E-state index contributed by atoms with van der Waals surface area (Å²) < 4.78 is 6.26. The number of hydrogen-bond acceptors (Lipinski definition) is 4. The maximum Gasteiger partial charge on any atom is 0.275 e. The SMILES string of the molecule is O=[N+]([O-])c1ccc(Oc2ccc(Cl)cc2Br)cc1CO. The third-order valence-electron chi connectivity index (χ3n) is 2.54. The molecule has 0 fully saturated rings. The molecular formula is C13H9BrClNO4. The van der Waals surface area contributed by atoms with Crippen molar-refractivity contribution in [2.45, 2.75) is 6.61 Å². The summed E-state index contributed by atoms with van der Waals surface area (Å²) in [6.45, 7) is -0.435. The zero-order valence-electron chi connectivity index (χ0n) is 10.0. The average Bonchev–Trinajstić information content (AvgIpc) is 2.41. The number of rotatable bonds is 4. The van der Waals surface area contributed by atoms with E-state index >= 15 is 0 Å². The lowest BCUT2D eigenvalue weighted by atomic mass is 10.2. The predicted octanol–water partition coefficient (Wildman–Crippen LogP) is 4.30. The summed E-state index contributed by atoms with van der Waals surface area (Å²) in [5.41, 5.74) is 0.0487. The number of nitro benzene ring substituents is 1. The Kier molecular flexibility index (Phi) is 4.59. The predicted molar refractivity (Wildman–Crippen MR) is 78.2 cm³/mol. The van der Waals surface area contributed by atoms with Crippen LogP contribution >= 0.6 is 27.5 Å². The lowest BCUT2D eigenvalue weighted by molar-refractivity contribution is -0.385. The van der Waals surface area contributed by atoms with E-state index < -0.39 is 11.5 Å². The molecule has 1 N–H and O–H groups in total. The molecule has 2 aromatic carbocycles. The zero-order valence-corrected chi connectivity index (χ0v) is 12.4. The van der Waals surface area contributed by atoms with Gasteiger partial charge in [-0.25, -0.2) is 0 Å². The molecule has 2 aromatic rings. The first-order valence-corrected chi connectivity index (χ1v) is 6.69. The first kappa shape index (κ1) is 14.8. The van der Waals surface area contributed by atoms with Gasteiger partial charge in [-0.15, -0.1) is 0 Å². The van der Waals surface area contributed by atoms with Crippen LogP contribution < -0.4 is 4.74 Å². The van der Waals surface area contributed by atoms with Gasteiger partial charge in [0.1, 0.15) is 11.5 Å². The molecule has 0 heterocycles. The molecule has 0 aliphatic carbocycles. The van der Waals surface area contributed by atoms with Crippen LogP contribution in [0.4, 0.5) is 5.69 Å². The second-order valence-electron chi connectivity index (χ2n) is 3.88. The first-order chi connectivity index (χ1) is 9.51. The van der Waals surface area contributed by atoms with E-state index in [-0.39, 0.29) is 11.3 Å². The Labute approximate surface area is 128 Å². The second-order valence-corrected chi connectivity index (χ2v) is 5.17. The fourth-order valence-corrected chi connectivity index (χ4v) is 2.38. The van der Waals surface area contributed by atoms with Gasteiger partial charge in [0.15, 0.2) is 0 Å². The summed E-state index contributed by atoms with van der Waals surface area (Å²) >= 11 is 9.14. The van der Waals surface area contributed by atoms with Crippen LogP contribution in [-0.4, -0.2) is 10.0 Å². The van der Waals surface area contributed by atoms with E-state index in [2.05, 4.69) is 15.9 Å². The minimum absolute atomic E-state index is 0.143. The van der Waals surface area contributed by atoms with Gasteiger partial charge in [0.05, 0.1) is 21.6 Å². The van der Waals surface area contributed by atoms with Crippen molar-refractivity contribution < 1.29 is 14.8 Å². The van der Waals surface area contributed by atoms with Crippen LogP contribution in [-0.2, 0) is 6.61 Å². The molecule has 0 saturated heterocycles. The van der Waals surface area contributed by atoms with Gasteiger partial charge in [0.25, 0.3) is 5.69 Å². The maximum atomic E-state index is 10.8. The van der Waals surface area contributed by atoms with Gasteiger partial charge in [0.2, 0.25) is 0 Å². The normalized spacial score (nSPS) is 10.3. The molecule has 0 radical (unpaired) electrons. The third-order valence-corrected chi connectivity index (χ3v) is 3.39. The smallest absolute Gasteiger partial charge is 0.275 e. The van der Waals surface area contributed by atoms with Gasteiger partial charge in [-0.2, -0.15) is 0 Å². The number of nitrogens with zero attached hydrogens (tertiary/aromatic N) is 1. The Bertz CT molecular complexity index is 663. The molecular weight excluding hydrogens is 350 g/mol. The van der Waals surface area contributed by atoms with Crippen molar-refractivity contribution in [3.8, 4) is 11.5 Å². The summed E-state index contributed by atoms with van der Waals surface area (Å²) in [5, 5.41) is 20.5.